The maximum atomic E-state index is 12.6. The molecule has 27 heavy (non-hydrogen) atoms. The molecule has 0 unspecified atom stereocenters. The number of hydrogen-bond acceptors (Lipinski definition) is 6. The second kappa shape index (κ2) is 8.85. The van der Waals surface area contributed by atoms with Crippen molar-refractivity contribution in [3.8, 4) is 5.75 Å². The molecule has 2 aromatic rings. The van der Waals surface area contributed by atoms with Crippen LogP contribution in [0.15, 0.2) is 22.7 Å². The van der Waals surface area contributed by atoms with Crippen LogP contribution in [0.1, 0.15) is 38.0 Å². The molecule has 1 aromatic heterocycles. The standard InChI is InChI=1S/C19H28N4O4/c1-19(2,3)13-7-8-15(26-6)14(11-13)20-18(24)23(4)12-17-21-16(22-27-17)9-10-25-5/h7-8,11H,9-10,12H2,1-6H3,(H,20,24). The van der Waals surface area contributed by atoms with Crippen molar-refractivity contribution in [2.24, 2.45) is 0 Å². The summed E-state index contributed by atoms with van der Waals surface area (Å²) < 4.78 is 15.5. The lowest BCUT2D eigenvalue weighted by molar-refractivity contribution is 0.199. The number of nitrogens with zero attached hydrogens (tertiary/aromatic N) is 3. The number of carbonyl (C=O) groups is 1. The fraction of sp³-hybridized carbons (Fsp3) is 0.526. The van der Waals surface area contributed by atoms with Crippen molar-refractivity contribution >= 4 is 11.7 Å². The molecule has 0 fully saturated rings. The van der Waals surface area contributed by atoms with Crippen LogP contribution in [0.25, 0.3) is 0 Å². The molecule has 0 saturated carbocycles. The zero-order valence-electron chi connectivity index (χ0n) is 16.8. The maximum absolute atomic E-state index is 12.6. The number of amides is 2. The van der Waals surface area contributed by atoms with Crippen molar-refractivity contribution < 1.29 is 18.8 Å². The molecule has 2 rings (SSSR count). The van der Waals surface area contributed by atoms with Gasteiger partial charge >= 0.3 is 6.03 Å². The minimum Gasteiger partial charge on any atom is -0.495 e. The largest absolute Gasteiger partial charge is 0.495 e. The van der Waals surface area contributed by atoms with Gasteiger partial charge in [0.25, 0.3) is 0 Å². The Morgan fingerprint density at radius 1 is 1.30 bits per heavy atom. The summed E-state index contributed by atoms with van der Waals surface area (Å²) in [4.78, 5) is 18.3. The summed E-state index contributed by atoms with van der Waals surface area (Å²) in [5.74, 6) is 1.53. The summed E-state index contributed by atoms with van der Waals surface area (Å²) in [5.41, 5.74) is 1.68. The van der Waals surface area contributed by atoms with Crippen LogP contribution in [-0.2, 0) is 23.1 Å². The van der Waals surface area contributed by atoms with E-state index in [-0.39, 0.29) is 18.0 Å². The highest BCUT2D eigenvalue weighted by atomic mass is 16.5. The van der Waals surface area contributed by atoms with Crippen LogP contribution in [0.2, 0.25) is 0 Å². The second-order valence-corrected chi connectivity index (χ2v) is 7.30. The van der Waals surface area contributed by atoms with Crippen molar-refractivity contribution in [1.82, 2.24) is 15.0 Å². The zero-order chi connectivity index (χ0) is 20.0. The molecule has 0 aliphatic heterocycles. The molecule has 0 radical (unpaired) electrons. The number of hydrogen-bond donors (Lipinski definition) is 1. The van der Waals surface area contributed by atoms with E-state index in [1.807, 2.05) is 18.2 Å². The van der Waals surface area contributed by atoms with Crippen LogP contribution in [0.3, 0.4) is 0 Å². The molecule has 0 aliphatic carbocycles. The van der Waals surface area contributed by atoms with E-state index < -0.39 is 0 Å². The number of methoxy groups -OCH3 is 2. The van der Waals surface area contributed by atoms with Gasteiger partial charge in [-0.3, -0.25) is 0 Å². The first-order chi connectivity index (χ1) is 12.7. The summed E-state index contributed by atoms with van der Waals surface area (Å²) in [6.07, 6.45) is 0.562. The number of aromatic nitrogens is 2. The van der Waals surface area contributed by atoms with Gasteiger partial charge in [0.2, 0.25) is 5.89 Å². The quantitative estimate of drug-likeness (QED) is 0.798. The summed E-state index contributed by atoms with van der Waals surface area (Å²) in [6, 6.07) is 5.49. The number of rotatable bonds is 7. The van der Waals surface area contributed by atoms with Crippen molar-refractivity contribution in [1.29, 1.82) is 0 Å². The summed E-state index contributed by atoms with van der Waals surface area (Å²) in [5, 5.41) is 6.76. The third kappa shape index (κ3) is 5.68. The summed E-state index contributed by atoms with van der Waals surface area (Å²) >= 11 is 0. The molecule has 1 N–H and O–H groups in total. The summed E-state index contributed by atoms with van der Waals surface area (Å²) in [7, 11) is 4.85. The smallest absolute Gasteiger partial charge is 0.322 e. The molecule has 0 bridgehead atoms. The first-order valence-corrected chi connectivity index (χ1v) is 8.75. The molecule has 1 heterocycles. The third-order valence-corrected chi connectivity index (χ3v) is 4.07. The number of anilines is 1. The van der Waals surface area contributed by atoms with E-state index in [4.69, 9.17) is 14.0 Å². The van der Waals surface area contributed by atoms with E-state index >= 15 is 0 Å². The van der Waals surface area contributed by atoms with Crippen molar-refractivity contribution in [2.75, 3.05) is 33.2 Å². The van der Waals surface area contributed by atoms with Gasteiger partial charge in [-0.25, -0.2) is 4.79 Å². The predicted molar refractivity (Wildman–Crippen MR) is 102 cm³/mol. The van der Waals surface area contributed by atoms with Gasteiger partial charge in [-0.1, -0.05) is 32.0 Å². The normalized spacial score (nSPS) is 11.3. The molecule has 2 amide bonds. The van der Waals surface area contributed by atoms with E-state index in [2.05, 4.69) is 36.2 Å². The average molecular weight is 376 g/mol. The topological polar surface area (TPSA) is 89.7 Å². The molecule has 8 heteroatoms. The predicted octanol–water partition coefficient (Wildman–Crippen LogP) is 3.23. The minimum atomic E-state index is -0.295. The van der Waals surface area contributed by atoms with Crippen LogP contribution < -0.4 is 10.1 Å². The molecule has 148 valence electrons. The van der Waals surface area contributed by atoms with Crippen molar-refractivity contribution in [3.63, 3.8) is 0 Å². The molecule has 0 spiro atoms. The lowest BCUT2D eigenvalue weighted by atomic mass is 9.87. The summed E-state index contributed by atoms with van der Waals surface area (Å²) in [6.45, 7) is 7.06. The first-order valence-electron chi connectivity index (χ1n) is 8.75. The number of benzene rings is 1. The Labute approximate surface area is 159 Å². The van der Waals surface area contributed by atoms with Gasteiger partial charge in [0.1, 0.15) is 12.3 Å². The van der Waals surface area contributed by atoms with E-state index in [1.54, 1.807) is 21.3 Å². The highest BCUT2D eigenvalue weighted by molar-refractivity contribution is 5.91. The minimum absolute atomic E-state index is 0.0417. The highest BCUT2D eigenvalue weighted by Gasteiger charge is 2.19. The van der Waals surface area contributed by atoms with Gasteiger partial charge in [0, 0.05) is 20.6 Å². The molecule has 0 aliphatic rings. The first kappa shape index (κ1) is 20.7. The van der Waals surface area contributed by atoms with Crippen LogP contribution in [0.4, 0.5) is 10.5 Å². The molecule has 8 nitrogen and oxygen atoms in total. The Hall–Kier alpha value is -2.61. The van der Waals surface area contributed by atoms with Gasteiger partial charge in [-0.2, -0.15) is 4.98 Å². The van der Waals surface area contributed by atoms with Gasteiger partial charge in [-0.05, 0) is 23.1 Å². The van der Waals surface area contributed by atoms with Crippen LogP contribution in [-0.4, -0.2) is 48.9 Å². The van der Waals surface area contributed by atoms with E-state index in [0.29, 0.717) is 36.2 Å². The Morgan fingerprint density at radius 2 is 2.04 bits per heavy atom. The average Bonchev–Trinajstić information content (AvgIpc) is 3.06. The van der Waals surface area contributed by atoms with Gasteiger partial charge in [0.05, 0.1) is 19.4 Å². The van der Waals surface area contributed by atoms with Gasteiger partial charge in [-0.15, -0.1) is 0 Å². The van der Waals surface area contributed by atoms with Crippen molar-refractivity contribution in [3.05, 3.63) is 35.5 Å². The van der Waals surface area contributed by atoms with E-state index in [1.165, 1.54) is 4.90 Å². The third-order valence-electron chi connectivity index (χ3n) is 4.07. The fourth-order valence-electron chi connectivity index (χ4n) is 2.41. The van der Waals surface area contributed by atoms with Gasteiger partial charge < -0.3 is 24.2 Å². The maximum Gasteiger partial charge on any atom is 0.322 e. The van der Waals surface area contributed by atoms with Crippen LogP contribution in [0, 0.1) is 0 Å². The number of urea groups is 1. The number of ether oxygens (including phenoxy) is 2. The monoisotopic (exact) mass is 376 g/mol. The van der Waals surface area contributed by atoms with Crippen molar-refractivity contribution in [2.45, 2.75) is 39.2 Å². The zero-order valence-corrected chi connectivity index (χ0v) is 16.8. The Bertz CT molecular complexity index is 767. The number of nitrogens with one attached hydrogen (secondary N) is 1. The SMILES string of the molecule is COCCc1noc(CN(C)C(=O)Nc2cc(C(C)(C)C)ccc2OC)n1. The molecule has 0 saturated heterocycles. The Morgan fingerprint density at radius 3 is 2.67 bits per heavy atom. The molecular formula is C19H28N4O4. The Balaban J connectivity index is 2.06. The van der Waals surface area contributed by atoms with E-state index in [0.717, 1.165) is 5.56 Å². The van der Waals surface area contributed by atoms with Gasteiger partial charge in [0.15, 0.2) is 5.82 Å². The Kier molecular flexibility index (Phi) is 6.79. The molecule has 0 atom stereocenters. The lowest BCUT2D eigenvalue weighted by Gasteiger charge is -2.22. The van der Waals surface area contributed by atoms with Crippen LogP contribution in [0.5, 0.6) is 5.75 Å². The fourth-order valence-corrected chi connectivity index (χ4v) is 2.41. The van der Waals surface area contributed by atoms with E-state index in [9.17, 15) is 4.79 Å². The number of carbonyl (C=O) groups excluding carboxylic acids is 1. The highest BCUT2D eigenvalue weighted by Crippen LogP contribution is 2.31. The molecular weight excluding hydrogens is 348 g/mol. The second-order valence-electron chi connectivity index (χ2n) is 7.30. The molecule has 1 aromatic carbocycles. The van der Waals surface area contributed by atoms with Crippen LogP contribution >= 0.6 is 0 Å². The lowest BCUT2D eigenvalue weighted by Crippen LogP contribution is -2.31.